The van der Waals surface area contributed by atoms with E-state index in [0.717, 1.165) is 28.6 Å². The van der Waals surface area contributed by atoms with Gasteiger partial charge < -0.3 is 0 Å². The first-order valence-corrected chi connectivity index (χ1v) is 5.65. The van der Waals surface area contributed by atoms with Crippen LogP contribution in [0.1, 0.15) is 5.56 Å². The maximum atomic E-state index is 12.7. The molecule has 0 saturated heterocycles. The van der Waals surface area contributed by atoms with Crippen LogP contribution in [0.5, 0.6) is 0 Å². The number of hydrogen-bond donors (Lipinski definition) is 1. The molecule has 2 aromatic carbocycles. The standard InChI is InChI=1S/C14H9F3N2/c15-14(16,17)12-3-1-2-9(7-12)10-4-5-13-11(6-10)8-18-19-13/h1-8H,(H,18,19). The minimum Gasteiger partial charge on any atom is -0.278 e. The van der Waals surface area contributed by atoms with Crippen LogP contribution in [-0.2, 0) is 6.18 Å². The number of nitrogens with zero attached hydrogens (tertiary/aromatic N) is 1. The van der Waals surface area contributed by atoms with E-state index in [9.17, 15) is 13.2 Å². The van der Waals surface area contributed by atoms with Crippen molar-refractivity contribution >= 4 is 10.9 Å². The lowest BCUT2D eigenvalue weighted by Gasteiger charge is -2.08. The molecule has 1 heterocycles. The highest BCUT2D eigenvalue weighted by Crippen LogP contribution is 2.32. The summed E-state index contributed by atoms with van der Waals surface area (Å²) in [6.45, 7) is 0. The lowest BCUT2D eigenvalue weighted by molar-refractivity contribution is -0.137. The Labute approximate surface area is 106 Å². The summed E-state index contributed by atoms with van der Waals surface area (Å²) in [5.74, 6) is 0. The average Bonchev–Trinajstić information content (AvgIpc) is 2.85. The second-order valence-corrected chi connectivity index (χ2v) is 4.25. The number of benzene rings is 2. The van der Waals surface area contributed by atoms with E-state index in [1.807, 2.05) is 6.07 Å². The van der Waals surface area contributed by atoms with E-state index in [1.54, 1.807) is 24.4 Å². The highest BCUT2D eigenvalue weighted by molar-refractivity contribution is 5.84. The summed E-state index contributed by atoms with van der Waals surface area (Å²) in [7, 11) is 0. The summed E-state index contributed by atoms with van der Waals surface area (Å²) in [5.41, 5.74) is 1.49. The van der Waals surface area contributed by atoms with Gasteiger partial charge in [0.05, 0.1) is 17.3 Å². The first kappa shape index (κ1) is 11.8. The molecule has 1 N–H and O–H groups in total. The Morgan fingerprint density at radius 2 is 1.74 bits per heavy atom. The van der Waals surface area contributed by atoms with Crippen molar-refractivity contribution < 1.29 is 13.2 Å². The molecule has 1 aromatic heterocycles. The summed E-state index contributed by atoms with van der Waals surface area (Å²) >= 11 is 0. The fourth-order valence-electron chi connectivity index (χ4n) is 2.00. The van der Waals surface area contributed by atoms with Crippen molar-refractivity contribution in [2.75, 3.05) is 0 Å². The van der Waals surface area contributed by atoms with Crippen LogP contribution in [0, 0.1) is 0 Å². The van der Waals surface area contributed by atoms with Crippen molar-refractivity contribution in [3.05, 3.63) is 54.2 Å². The normalized spacial score (nSPS) is 11.9. The monoisotopic (exact) mass is 262 g/mol. The highest BCUT2D eigenvalue weighted by Gasteiger charge is 2.30. The van der Waals surface area contributed by atoms with Gasteiger partial charge in [0.2, 0.25) is 0 Å². The number of H-pyrrole nitrogens is 1. The third kappa shape index (κ3) is 2.19. The Morgan fingerprint density at radius 1 is 0.947 bits per heavy atom. The Morgan fingerprint density at radius 3 is 2.53 bits per heavy atom. The summed E-state index contributed by atoms with van der Waals surface area (Å²) in [6, 6.07) is 10.7. The molecule has 0 radical (unpaired) electrons. The quantitative estimate of drug-likeness (QED) is 0.697. The van der Waals surface area contributed by atoms with Crippen LogP contribution < -0.4 is 0 Å². The fourth-order valence-corrected chi connectivity index (χ4v) is 2.00. The summed E-state index contributed by atoms with van der Waals surface area (Å²) in [5, 5.41) is 7.56. The Balaban J connectivity index is 2.10. The minimum absolute atomic E-state index is 0.540. The first-order chi connectivity index (χ1) is 9.04. The molecule has 0 spiro atoms. The van der Waals surface area contributed by atoms with E-state index in [1.165, 1.54) is 6.07 Å². The molecule has 3 aromatic rings. The van der Waals surface area contributed by atoms with E-state index in [0.29, 0.717) is 5.56 Å². The fraction of sp³-hybridized carbons (Fsp3) is 0.0714. The van der Waals surface area contributed by atoms with Crippen LogP contribution in [0.25, 0.3) is 22.0 Å². The van der Waals surface area contributed by atoms with E-state index in [-0.39, 0.29) is 0 Å². The number of rotatable bonds is 1. The van der Waals surface area contributed by atoms with Crippen molar-refractivity contribution in [3.63, 3.8) is 0 Å². The van der Waals surface area contributed by atoms with Crippen molar-refractivity contribution in [2.24, 2.45) is 0 Å². The molecule has 0 aliphatic carbocycles. The van der Waals surface area contributed by atoms with Crippen molar-refractivity contribution in [2.45, 2.75) is 6.18 Å². The third-order valence-corrected chi connectivity index (χ3v) is 2.96. The van der Waals surface area contributed by atoms with Gasteiger partial charge >= 0.3 is 6.18 Å². The Hall–Kier alpha value is -2.30. The summed E-state index contributed by atoms with van der Waals surface area (Å²) in [4.78, 5) is 0. The third-order valence-electron chi connectivity index (χ3n) is 2.96. The van der Waals surface area contributed by atoms with Gasteiger partial charge in [0.25, 0.3) is 0 Å². The van der Waals surface area contributed by atoms with Crippen LogP contribution >= 0.6 is 0 Å². The van der Waals surface area contributed by atoms with Crippen molar-refractivity contribution in [1.82, 2.24) is 10.2 Å². The molecule has 2 nitrogen and oxygen atoms in total. The predicted octanol–water partition coefficient (Wildman–Crippen LogP) is 4.25. The van der Waals surface area contributed by atoms with Gasteiger partial charge in [-0.2, -0.15) is 18.3 Å². The van der Waals surface area contributed by atoms with E-state index >= 15 is 0 Å². The largest absolute Gasteiger partial charge is 0.416 e. The Kier molecular flexibility index (Phi) is 2.55. The van der Waals surface area contributed by atoms with Gasteiger partial charge in [-0.3, -0.25) is 5.10 Å². The number of hydrogen-bond acceptors (Lipinski definition) is 1. The summed E-state index contributed by atoms with van der Waals surface area (Å²) < 4.78 is 38.0. The second kappa shape index (κ2) is 4.12. The molecule has 0 saturated carbocycles. The second-order valence-electron chi connectivity index (χ2n) is 4.25. The Bertz CT molecular complexity index is 729. The molecule has 0 aliphatic rings. The van der Waals surface area contributed by atoms with Gasteiger partial charge in [-0.15, -0.1) is 0 Å². The maximum Gasteiger partial charge on any atom is 0.416 e. The molecule has 0 bridgehead atoms. The van der Waals surface area contributed by atoms with Gasteiger partial charge in [0.1, 0.15) is 0 Å². The van der Waals surface area contributed by atoms with Crippen LogP contribution in [0.15, 0.2) is 48.7 Å². The van der Waals surface area contributed by atoms with Crippen LogP contribution in [-0.4, -0.2) is 10.2 Å². The lowest BCUT2D eigenvalue weighted by atomic mass is 10.0. The van der Waals surface area contributed by atoms with Crippen LogP contribution in [0.3, 0.4) is 0 Å². The molecule has 0 fully saturated rings. The lowest BCUT2D eigenvalue weighted by Crippen LogP contribution is -2.04. The van der Waals surface area contributed by atoms with Gasteiger partial charge in [-0.1, -0.05) is 18.2 Å². The molecule has 5 heteroatoms. The number of aromatic amines is 1. The number of halogens is 3. The van der Waals surface area contributed by atoms with Gasteiger partial charge in [-0.05, 0) is 35.4 Å². The summed E-state index contributed by atoms with van der Waals surface area (Å²) in [6.07, 6.45) is -2.68. The zero-order chi connectivity index (χ0) is 13.5. The number of nitrogens with one attached hydrogen (secondary N) is 1. The van der Waals surface area contributed by atoms with E-state index < -0.39 is 11.7 Å². The van der Waals surface area contributed by atoms with Gasteiger partial charge in [0, 0.05) is 5.39 Å². The topological polar surface area (TPSA) is 28.7 Å². The molecule has 0 unspecified atom stereocenters. The molecule has 96 valence electrons. The molecule has 0 amide bonds. The molecular formula is C14H9F3N2. The average molecular weight is 262 g/mol. The minimum atomic E-state index is -4.32. The number of alkyl halides is 3. The van der Waals surface area contributed by atoms with Crippen LogP contribution in [0.2, 0.25) is 0 Å². The number of fused-ring (bicyclic) bond motifs is 1. The molecule has 0 aliphatic heterocycles. The highest BCUT2D eigenvalue weighted by atomic mass is 19.4. The zero-order valence-corrected chi connectivity index (χ0v) is 9.70. The van der Waals surface area contributed by atoms with E-state index in [4.69, 9.17) is 0 Å². The SMILES string of the molecule is FC(F)(F)c1cccc(-c2ccc3[nH]ncc3c2)c1. The van der Waals surface area contributed by atoms with Crippen molar-refractivity contribution in [3.8, 4) is 11.1 Å². The van der Waals surface area contributed by atoms with Crippen molar-refractivity contribution in [1.29, 1.82) is 0 Å². The molecule has 3 rings (SSSR count). The van der Waals surface area contributed by atoms with Gasteiger partial charge in [0.15, 0.2) is 0 Å². The maximum absolute atomic E-state index is 12.7. The van der Waals surface area contributed by atoms with E-state index in [2.05, 4.69) is 10.2 Å². The smallest absolute Gasteiger partial charge is 0.278 e. The molecular weight excluding hydrogens is 253 g/mol. The molecule has 0 atom stereocenters. The van der Waals surface area contributed by atoms with Crippen LogP contribution in [0.4, 0.5) is 13.2 Å². The predicted molar refractivity (Wildman–Crippen MR) is 66.5 cm³/mol. The zero-order valence-electron chi connectivity index (χ0n) is 9.70. The molecule has 19 heavy (non-hydrogen) atoms. The first-order valence-electron chi connectivity index (χ1n) is 5.65. The number of aromatic nitrogens is 2. The van der Waals surface area contributed by atoms with Gasteiger partial charge in [-0.25, -0.2) is 0 Å².